The second-order valence-corrected chi connectivity index (χ2v) is 11.3. The van der Waals surface area contributed by atoms with E-state index in [1.165, 1.54) is 0 Å². The van der Waals surface area contributed by atoms with Crippen molar-refractivity contribution < 1.29 is 49.3 Å². The van der Waals surface area contributed by atoms with Crippen LogP contribution in [0.25, 0.3) is 0 Å². The van der Waals surface area contributed by atoms with Crippen molar-refractivity contribution in [3.63, 3.8) is 0 Å². The van der Waals surface area contributed by atoms with Crippen LogP contribution in [-0.4, -0.2) is 71.7 Å². The van der Waals surface area contributed by atoms with Crippen molar-refractivity contribution in [2.24, 2.45) is 11.7 Å². The molecule has 1 saturated heterocycles. The minimum atomic E-state index is -1.17. The lowest BCUT2D eigenvalue weighted by atomic mass is 10.0. The highest BCUT2D eigenvalue weighted by molar-refractivity contribution is 6.01. The lowest BCUT2D eigenvalue weighted by molar-refractivity contribution is -0.197. The van der Waals surface area contributed by atoms with Crippen molar-refractivity contribution in [2.45, 2.75) is 96.7 Å². The van der Waals surface area contributed by atoms with Gasteiger partial charge >= 0.3 is 12.0 Å². The van der Waals surface area contributed by atoms with Crippen molar-refractivity contribution >= 4 is 53.7 Å². The molecule has 0 spiro atoms. The van der Waals surface area contributed by atoms with Crippen molar-refractivity contribution in [3.05, 3.63) is 29.8 Å². The second kappa shape index (κ2) is 20.2. The first-order valence-electron chi connectivity index (χ1n) is 16.0. The number of hydrogen-bond acceptors (Lipinski definition) is 10. The number of hydrogen-bond donors (Lipinski definition) is 5. The van der Waals surface area contributed by atoms with Crippen LogP contribution < -0.4 is 27.0 Å². The van der Waals surface area contributed by atoms with Gasteiger partial charge < -0.3 is 36.6 Å². The molecule has 7 amide bonds. The zero-order valence-electron chi connectivity index (χ0n) is 27.6. The van der Waals surface area contributed by atoms with E-state index in [0.29, 0.717) is 48.4 Å². The number of nitrogens with two attached hydrogens (primary N) is 1. The van der Waals surface area contributed by atoms with Crippen LogP contribution in [-0.2, 0) is 49.7 Å². The first-order chi connectivity index (χ1) is 22.8. The zero-order chi connectivity index (χ0) is 35.6. The summed E-state index contributed by atoms with van der Waals surface area (Å²) in [5.41, 5.74) is 6.11. The number of amides is 7. The van der Waals surface area contributed by atoms with Crippen LogP contribution in [0, 0.1) is 5.92 Å². The number of benzene rings is 1. The van der Waals surface area contributed by atoms with Gasteiger partial charge in [-0.3, -0.25) is 28.8 Å². The Labute approximate surface area is 274 Å². The predicted molar refractivity (Wildman–Crippen MR) is 166 cm³/mol. The molecular formula is C31H44N6O10. The van der Waals surface area contributed by atoms with Gasteiger partial charge in [0.05, 0.1) is 0 Å². The third kappa shape index (κ3) is 14.3. The van der Waals surface area contributed by atoms with E-state index >= 15 is 0 Å². The Kier molecular flexibility index (Phi) is 15.6. The Bertz CT molecular complexity index is 1310. The maximum absolute atomic E-state index is 13.3. The number of ether oxygens (including phenoxy) is 1. The largest absolute Gasteiger partial charge is 0.463 e. The number of anilines is 1. The SMILES string of the molecule is [2H]C(=O)OCc1ccc(NC(=O)[C@H](CCCNC(N)=O)NC(=O)[C@@H](NC(=O)CCCCCCC(=O)ON2C(=O)CCC2=O)C(C)C)cc1. The summed E-state index contributed by atoms with van der Waals surface area (Å²) >= 11 is 0. The van der Waals surface area contributed by atoms with Gasteiger partial charge in [-0.2, -0.15) is 0 Å². The van der Waals surface area contributed by atoms with Gasteiger partial charge in [0.25, 0.3) is 18.3 Å². The summed E-state index contributed by atoms with van der Waals surface area (Å²) < 4.78 is 11.4. The van der Waals surface area contributed by atoms with Crippen LogP contribution in [0.1, 0.15) is 85.0 Å². The number of carbonyl (C=O) groups excluding carboxylic acids is 8. The van der Waals surface area contributed by atoms with E-state index in [1.807, 2.05) is 0 Å². The minimum Gasteiger partial charge on any atom is -0.463 e. The molecule has 0 aromatic heterocycles. The minimum absolute atomic E-state index is 0.0152. The van der Waals surface area contributed by atoms with E-state index in [4.69, 9.17) is 11.9 Å². The average molecular weight is 662 g/mol. The van der Waals surface area contributed by atoms with E-state index in [0.717, 1.165) is 0 Å². The molecule has 0 bridgehead atoms. The van der Waals surface area contributed by atoms with Gasteiger partial charge in [-0.25, -0.2) is 9.59 Å². The molecule has 2 rings (SSSR count). The van der Waals surface area contributed by atoms with Crippen LogP contribution in [0.3, 0.4) is 0 Å². The molecule has 1 aliphatic rings. The molecule has 1 aromatic carbocycles. The van der Waals surface area contributed by atoms with Crippen molar-refractivity contribution in [1.29, 1.82) is 0 Å². The highest BCUT2D eigenvalue weighted by Gasteiger charge is 2.33. The number of imide groups is 1. The van der Waals surface area contributed by atoms with E-state index in [-0.39, 0.29) is 57.1 Å². The third-order valence-electron chi connectivity index (χ3n) is 7.12. The van der Waals surface area contributed by atoms with Gasteiger partial charge in [0, 0.05) is 37.9 Å². The lowest BCUT2D eigenvalue weighted by Gasteiger charge is -2.25. The maximum Gasteiger partial charge on any atom is 0.333 e. The number of nitrogens with zero attached hydrogens (tertiary/aromatic N) is 1. The molecule has 47 heavy (non-hydrogen) atoms. The molecule has 0 aliphatic carbocycles. The van der Waals surface area contributed by atoms with E-state index < -0.39 is 54.2 Å². The van der Waals surface area contributed by atoms with Crippen molar-refractivity contribution in [3.8, 4) is 0 Å². The maximum atomic E-state index is 13.3. The molecule has 16 heteroatoms. The predicted octanol–water partition coefficient (Wildman–Crippen LogP) is 1.32. The zero-order valence-corrected chi connectivity index (χ0v) is 26.6. The van der Waals surface area contributed by atoms with Crippen molar-refractivity contribution in [1.82, 2.24) is 21.0 Å². The molecule has 1 aromatic rings. The average Bonchev–Trinajstić information content (AvgIpc) is 3.34. The molecule has 6 N–H and O–H groups in total. The van der Waals surface area contributed by atoms with Gasteiger partial charge in [0.2, 0.25) is 17.7 Å². The van der Waals surface area contributed by atoms with Crippen LogP contribution in [0.15, 0.2) is 24.3 Å². The first-order valence-corrected chi connectivity index (χ1v) is 15.5. The van der Waals surface area contributed by atoms with Crippen molar-refractivity contribution in [2.75, 3.05) is 11.9 Å². The number of hydroxylamine groups is 2. The topological polar surface area (TPSA) is 232 Å². The summed E-state index contributed by atoms with van der Waals surface area (Å²) in [5, 5.41) is 11.1. The van der Waals surface area contributed by atoms with Crippen LogP contribution in [0.2, 0.25) is 0 Å². The highest BCUT2D eigenvalue weighted by atomic mass is 16.7. The fraction of sp³-hybridized carbons (Fsp3) is 0.548. The van der Waals surface area contributed by atoms with Crippen LogP contribution in [0.4, 0.5) is 10.5 Å². The quantitative estimate of drug-likeness (QED) is 0.0764. The van der Waals surface area contributed by atoms with Gasteiger partial charge in [0.15, 0.2) is 1.37 Å². The Morgan fingerprint density at radius 1 is 0.936 bits per heavy atom. The Balaban J connectivity index is 1.86. The Morgan fingerprint density at radius 3 is 2.17 bits per heavy atom. The summed E-state index contributed by atoms with van der Waals surface area (Å²) in [5.74, 6) is -3.55. The molecule has 1 fully saturated rings. The fourth-order valence-electron chi connectivity index (χ4n) is 4.57. The lowest BCUT2D eigenvalue weighted by Crippen LogP contribution is -2.54. The second-order valence-electron chi connectivity index (χ2n) is 11.3. The molecular weight excluding hydrogens is 616 g/mol. The normalized spacial score (nSPS) is 14.1. The molecule has 1 heterocycles. The van der Waals surface area contributed by atoms with E-state index in [1.54, 1.807) is 38.1 Å². The Morgan fingerprint density at radius 2 is 1.57 bits per heavy atom. The third-order valence-corrected chi connectivity index (χ3v) is 7.12. The summed E-state index contributed by atoms with van der Waals surface area (Å²) in [4.78, 5) is 101. The number of primary amides is 1. The highest BCUT2D eigenvalue weighted by Crippen LogP contribution is 2.15. The van der Waals surface area contributed by atoms with Crippen LogP contribution >= 0.6 is 0 Å². The molecule has 0 radical (unpaired) electrons. The monoisotopic (exact) mass is 661 g/mol. The number of carbonyl (C=O) groups is 8. The summed E-state index contributed by atoms with van der Waals surface area (Å²) in [6, 6.07) is 3.64. The number of unbranched alkanes of at least 4 members (excludes halogenated alkanes) is 3. The molecule has 0 unspecified atom stereocenters. The molecule has 2 atom stereocenters. The molecule has 0 saturated carbocycles. The molecule has 258 valence electrons. The first kappa shape index (κ1) is 36.4. The van der Waals surface area contributed by atoms with Gasteiger partial charge in [0.1, 0.15) is 18.7 Å². The summed E-state index contributed by atoms with van der Waals surface area (Å²) in [7, 11) is 0. The van der Waals surface area contributed by atoms with E-state index in [2.05, 4.69) is 26.0 Å². The number of rotatable bonds is 20. The van der Waals surface area contributed by atoms with E-state index in [9.17, 15) is 38.4 Å². The number of urea groups is 1. The van der Waals surface area contributed by atoms with Gasteiger partial charge in [-0.1, -0.05) is 38.8 Å². The van der Waals surface area contributed by atoms with Crippen LogP contribution in [0.5, 0.6) is 0 Å². The fourth-order valence-corrected chi connectivity index (χ4v) is 4.57. The Hall–Kier alpha value is -5.02. The molecule has 1 aliphatic heterocycles. The summed E-state index contributed by atoms with van der Waals surface area (Å²) in [6.45, 7) is 3.56. The standard InChI is InChI=1S/C31H44N6O10/c1-20(2)28(36-24(39)9-5-3-4-6-10-27(42)47-37-25(40)15-16-26(37)41)30(44)35-23(8-7-17-33-31(32)45)29(43)34-22-13-11-21(12-14-22)18-46-19-38/h11-14,19-20,23,28H,3-10,15-18H2,1-2H3,(H,34,43)(H,35,44)(H,36,39)(H3,32,33,45)/t23-,28-/m0/s1/i19D. The van der Waals surface area contributed by atoms with Gasteiger partial charge in [-0.05, 0) is 49.3 Å². The summed E-state index contributed by atoms with van der Waals surface area (Å²) in [6.07, 6.45) is 1.60. The smallest absolute Gasteiger partial charge is 0.333 e. The molecule has 16 nitrogen and oxygen atoms in total. The number of nitrogens with one attached hydrogen (secondary N) is 4. The van der Waals surface area contributed by atoms with Gasteiger partial charge in [-0.15, -0.1) is 5.06 Å².